The molecular weight excluding hydrogens is 368 g/mol. The van der Waals surface area contributed by atoms with Gasteiger partial charge in [-0.3, -0.25) is 9.59 Å². The SMILES string of the molecule is Cc1ccc(OCCCC(=O)OCC(=O)Nc2ccc(C#N)c(Cl)c2)cc1. The summed E-state index contributed by atoms with van der Waals surface area (Å²) in [6.45, 7) is 1.98. The minimum absolute atomic E-state index is 0.155. The Morgan fingerprint density at radius 2 is 1.93 bits per heavy atom. The molecule has 0 saturated heterocycles. The van der Waals surface area contributed by atoms with Crippen molar-refractivity contribution in [3.63, 3.8) is 0 Å². The molecule has 1 amide bonds. The highest BCUT2D eigenvalue weighted by Gasteiger charge is 2.09. The zero-order chi connectivity index (χ0) is 19.6. The van der Waals surface area contributed by atoms with E-state index in [0.29, 0.717) is 24.3 Å². The number of hydrogen-bond acceptors (Lipinski definition) is 5. The number of nitriles is 1. The summed E-state index contributed by atoms with van der Waals surface area (Å²) in [7, 11) is 0. The molecule has 7 heteroatoms. The van der Waals surface area contributed by atoms with Gasteiger partial charge in [-0.05, 0) is 43.7 Å². The summed E-state index contributed by atoms with van der Waals surface area (Å²) in [6.07, 6.45) is 0.640. The summed E-state index contributed by atoms with van der Waals surface area (Å²) >= 11 is 5.89. The Morgan fingerprint density at radius 3 is 2.59 bits per heavy atom. The number of rotatable bonds is 8. The topological polar surface area (TPSA) is 88.4 Å². The maximum absolute atomic E-state index is 11.8. The smallest absolute Gasteiger partial charge is 0.306 e. The molecule has 0 unspecified atom stereocenters. The third-order valence-electron chi connectivity index (χ3n) is 3.55. The highest BCUT2D eigenvalue weighted by molar-refractivity contribution is 6.32. The molecule has 0 fully saturated rings. The lowest BCUT2D eigenvalue weighted by Crippen LogP contribution is -2.21. The van der Waals surface area contributed by atoms with Crippen LogP contribution in [0, 0.1) is 18.3 Å². The first-order valence-corrected chi connectivity index (χ1v) is 8.70. The summed E-state index contributed by atoms with van der Waals surface area (Å²) in [4.78, 5) is 23.5. The second-order valence-corrected chi connectivity index (χ2v) is 6.19. The number of carbonyl (C=O) groups excluding carboxylic acids is 2. The van der Waals surface area contributed by atoms with Crippen molar-refractivity contribution in [2.75, 3.05) is 18.5 Å². The van der Waals surface area contributed by atoms with E-state index in [-0.39, 0.29) is 11.4 Å². The van der Waals surface area contributed by atoms with Crippen LogP contribution in [-0.4, -0.2) is 25.1 Å². The van der Waals surface area contributed by atoms with Gasteiger partial charge in [0.25, 0.3) is 5.91 Å². The van der Waals surface area contributed by atoms with Crippen molar-refractivity contribution in [3.05, 3.63) is 58.6 Å². The molecule has 6 nitrogen and oxygen atoms in total. The van der Waals surface area contributed by atoms with E-state index in [1.54, 1.807) is 6.07 Å². The lowest BCUT2D eigenvalue weighted by Gasteiger charge is -2.08. The van der Waals surface area contributed by atoms with E-state index in [2.05, 4.69) is 5.32 Å². The average Bonchev–Trinajstić information content (AvgIpc) is 2.65. The minimum Gasteiger partial charge on any atom is -0.494 e. The zero-order valence-electron chi connectivity index (χ0n) is 14.8. The van der Waals surface area contributed by atoms with Crippen LogP contribution in [0.15, 0.2) is 42.5 Å². The maximum atomic E-state index is 11.8. The van der Waals surface area contributed by atoms with Gasteiger partial charge in [0.2, 0.25) is 0 Å². The molecule has 0 bridgehead atoms. The van der Waals surface area contributed by atoms with Crippen LogP contribution in [-0.2, 0) is 14.3 Å². The van der Waals surface area contributed by atoms with Gasteiger partial charge in [-0.15, -0.1) is 0 Å². The fourth-order valence-corrected chi connectivity index (χ4v) is 2.36. The average molecular weight is 387 g/mol. The number of nitrogens with one attached hydrogen (secondary N) is 1. The van der Waals surface area contributed by atoms with Gasteiger partial charge in [0, 0.05) is 12.1 Å². The molecule has 0 radical (unpaired) electrons. The van der Waals surface area contributed by atoms with Gasteiger partial charge in [-0.2, -0.15) is 5.26 Å². The van der Waals surface area contributed by atoms with Crippen molar-refractivity contribution in [1.82, 2.24) is 0 Å². The Kier molecular flexibility index (Phi) is 7.65. The molecule has 0 aliphatic rings. The van der Waals surface area contributed by atoms with Crippen LogP contribution >= 0.6 is 11.6 Å². The normalized spacial score (nSPS) is 9.96. The molecular formula is C20H19ClN2O4. The molecule has 0 aromatic heterocycles. The predicted molar refractivity (Wildman–Crippen MR) is 102 cm³/mol. The number of anilines is 1. The summed E-state index contributed by atoms with van der Waals surface area (Å²) < 4.78 is 10.5. The number of hydrogen-bond donors (Lipinski definition) is 1. The standard InChI is InChI=1S/C20H19ClN2O4/c1-14-4-8-17(9-5-14)26-10-2-3-20(25)27-13-19(24)23-16-7-6-15(12-22)18(21)11-16/h4-9,11H,2-3,10,13H2,1H3,(H,23,24). The first-order chi connectivity index (χ1) is 13.0. The number of aryl methyl sites for hydroxylation is 1. The molecule has 2 rings (SSSR count). The van der Waals surface area contributed by atoms with E-state index in [0.717, 1.165) is 11.3 Å². The van der Waals surface area contributed by atoms with E-state index in [9.17, 15) is 9.59 Å². The molecule has 0 heterocycles. The largest absolute Gasteiger partial charge is 0.494 e. The molecule has 140 valence electrons. The van der Waals surface area contributed by atoms with Crippen LogP contribution in [0.4, 0.5) is 5.69 Å². The van der Waals surface area contributed by atoms with Crippen LogP contribution in [0.1, 0.15) is 24.0 Å². The molecule has 0 aliphatic carbocycles. The number of amides is 1. The summed E-state index contributed by atoms with van der Waals surface area (Å²) in [5.41, 5.74) is 1.88. The van der Waals surface area contributed by atoms with Crippen LogP contribution in [0.25, 0.3) is 0 Å². The van der Waals surface area contributed by atoms with Crippen molar-refractivity contribution in [3.8, 4) is 11.8 Å². The second-order valence-electron chi connectivity index (χ2n) is 5.78. The highest BCUT2D eigenvalue weighted by Crippen LogP contribution is 2.20. The van der Waals surface area contributed by atoms with Crippen molar-refractivity contribution >= 4 is 29.2 Å². The third kappa shape index (κ3) is 7.00. The van der Waals surface area contributed by atoms with Gasteiger partial charge in [-0.25, -0.2) is 0 Å². The van der Waals surface area contributed by atoms with Gasteiger partial charge in [0.1, 0.15) is 11.8 Å². The quantitative estimate of drug-likeness (QED) is 0.549. The Bertz CT molecular complexity index is 844. The number of nitrogens with zero attached hydrogens (tertiary/aromatic N) is 1. The zero-order valence-corrected chi connectivity index (χ0v) is 15.6. The van der Waals surface area contributed by atoms with Crippen LogP contribution in [0.2, 0.25) is 5.02 Å². The maximum Gasteiger partial charge on any atom is 0.306 e. The Labute approximate surface area is 162 Å². The van der Waals surface area contributed by atoms with Crippen molar-refractivity contribution in [2.45, 2.75) is 19.8 Å². The molecule has 0 spiro atoms. The van der Waals surface area contributed by atoms with Gasteiger partial charge in [0.05, 0.1) is 17.2 Å². The number of halogens is 1. The lowest BCUT2D eigenvalue weighted by atomic mass is 10.2. The number of esters is 1. The van der Waals surface area contributed by atoms with Gasteiger partial charge in [-0.1, -0.05) is 29.3 Å². The minimum atomic E-state index is -0.486. The molecule has 27 heavy (non-hydrogen) atoms. The Morgan fingerprint density at radius 1 is 1.19 bits per heavy atom. The first-order valence-electron chi connectivity index (χ1n) is 8.32. The molecule has 0 saturated carbocycles. The Hall–Kier alpha value is -3.04. The molecule has 1 N–H and O–H groups in total. The number of carbonyl (C=O) groups is 2. The van der Waals surface area contributed by atoms with E-state index in [1.807, 2.05) is 37.3 Å². The first kappa shape index (κ1) is 20.3. The van der Waals surface area contributed by atoms with Crippen molar-refractivity contribution in [1.29, 1.82) is 5.26 Å². The highest BCUT2D eigenvalue weighted by atomic mass is 35.5. The molecule has 0 aliphatic heterocycles. The molecule has 0 atom stereocenters. The summed E-state index contributed by atoms with van der Waals surface area (Å²) in [5.74, 6) is -0.218. The van der Waals surface area contributed by atoms with Gasteiger partial charge < -0.3 is 14.8 Å². The monoisotopic (exact) mass is 386 g/mol. The molecule has 2 aromatic rings. The predicted octanol–water partition coefficient (Wildman–Crippen LogP) is 3.86. The second kappa shape index (κ2) is 10.2. The van der Waals surface area contributed by atoms with Crippen LogP contribution in [0.5, 0.6) is 5.75 Å². The lowest BCUT2D eigenvalue weighted by molar-refractivity contribution is -0.147. The van der Waals surface area contributed by atoms with Gasteiger partial charge in [0.15, 0.2) is 6.61 Å². The Balaban J connectivity index is 1.64. The molecule has 2 aromatic carbocycles. The fraction of sp³-hybridized carbons (Fsp3) is 0.250. The van der Waals surface area contributed by atoms with E-state index < -0.39 is 18.5 Å². The fourth-order valence-electron chi connectivity index (χ4n) is 2.14. The van der Waals surface area contributed by atoms with E-state index in [4.69, 9.17) is 26.3 Å². The number of benzene rings is 2. The van der Waals surface area contributed by atoms with E-state index in [1.165, 1.54) is 12.1 Å². The van der Waals surface area contributed by atoms with Crippen LogP contribution < -0.4 is 10.1 Å². The number of ether oxygens (including phenoxy) is 2. The van der Waals surface area contributed by atoms with Crippen molar-refractivity contribution < 1.29 is 19.1 Å². The summed E-state index contributed by atoms with van der Waals surface area (Å²) in [6, 6.07) is 14.1. The van der Waals surface area contributed by atoms with Crippen LogP contribution in [0.3, 0.4) is 0 Å². The van der Waals surface area contributed by atoms with E-state index >= 15 is 0 Å². The third-order valence-corrected chi connectivity index (χ3v) is 3.87. The summed E-state index contributed by atoms with van der Waals surface area (Å²) in [5, 5.41) is 11.6. The van der Waals surface area contributed by atoms with Gasteiger partial charge >= 0.3 is 5.97 Å². The van der Waals surface area contributed by atoms with Crippen molar-refractivity contribution in [2.24, 2.45) is 0 Å².